The van der Waals surface area contributed by atoms with Gasteiger partial charge in [0.25, 0.3) is 0 Å². The van der Waals surface area contributed by atoms with Crippen LogP contribution < -0.4 is 5.32 Å². The third kappa shape index (κ3) is 5.22. The van der Waals surface area contributed by atoms with Crippen molar-refractivity contribution >= 4 is 17.8 Å². The number of anilines is 1. The van der Waals surface area contributed by atoms with Crippen LogP contribution in [-0.4, -0.2) is 64.3 Å². The summed E-state index contributed by atoms with van der Waals surface area (Å²) in [5.74, 6) is 0.0399. The number of piperazine rings is 1. The summed E-state index contributed by atoms with van der Waals surface area (Å²) in [6, 6.07) is 8.02. The Bertz CT molecular complexity index is 779. The molecule has 1 aromatic carbocycles. The number of nitrogens with zero attached hydrogens (tertiary/aromatic N) is 4. The van der Waals surface area contributed by atoms with Gasteiger partial charge < -0.3 is 15.1 Å². The van der Waals surface area contributed by atoms with Crippen molar-refractivity contribution < 1.29 is 14.0 Å². The Morgan fingerprint density at radius 2 is 1.59 bits per heavy atom. The fourth-order valence-corrected chi connectivity index (χ4v) is 2.95. The number of benzene rings is 1. The molecule has 1 saturated heterocycles. The van der Waals surface area contributed by atoms with Gasteiger partial charge in [0.1, 0.15) is 5.82 Å². The topological polar surface area (TPSA) is 78.4 Å². The maximum atomic E-state index is 13.7. The van der Waals surface area contributed by atoms with Gasteiger partial charge in [0.05, 0.1) is 6.42 Å². The third-order valence-electron chi connectivity index (χ3n) is 4.47. The summed E-state index contributed by atoms with van der Waals surface area (Å²) in [4.78, 5) is 36.2. The lowest BCUT2D eigenvalue weighted by atomic mass is 10.1. The Labute approximate surface area is 157 Å². The molecule has 1 aliphatic heterocycles. The van der Waals surface area contributed by atoms with Gasteiger partial charge in [-0.2, -0.15) is 0 Å². The van der Waals surface area contributed by atoms with Crippen molar-refractivity contribution in [2.45, 2.75) is 12.8 Å². The van der Waals surface area contributed by atoms with Crippen molar-refractivity contribution in [1.82, 2.24) is 19.8 Å². The minimum Gasteiger partial charge on any atom is -0.354 e. The highest BCUT2D eigenvalue weighted by Crippen LogP contribution is 2.11. The molecule has 1 N–H and O–H groups in total. The number of nitrogens with one attached hydrogen (secondary N) is 1. The van der Waals surface area contributed by atoms with Crippen LogP contribution >= 0.6 is 0 Å². The van der Waals surface area contributed by atoms with E-state index in [4.69, 9.17) is 0 Å². The zero-order valence-corrected chi connectivity index (χ0v) is 15.0. The molecule has 2 aromatic rings. The molecule has 2 heterocycles. The number of carbonyl (C=O) groups is 2. The predicted molar refractivity (Wildman–Crippen MR) is 98.4 cm³/mol. The van der Waals surface area contributed by atoms with E-state index in [-0.39, 0.29) is 24.1 Å². The second-order valence-corrected chi connectivity index (χ2v) is 6.28. The van der Waals surface area contributed by atoms with Gasteiger partial charge >= 0.3 is 0 Å². The Morgan fingerprint density at radius 1 is 0.963 bits per heavy atom. The van der Waals surface area contributed by atoms with E-state index in [1.165, 1.54) is 6.07 Å². The zero-order valence-electron chi connectivity index (χ0n) is 15.0. The molecule has 7 nitrogen and oxygen atoms in total. The normalized spacial score (nSPS) is 14.1. The van der Waals surface area contributed by atoms with Crippen molar-refractivity contribution in [2.24, 2.45) is 0 Å². The van der Waals surface area contributed by atoms with Crippen LogP contribution in [0.4, 0.5) is 10.3 Å². The first-order valence-corrected chi connectivity index (χ1v) is 8.93. The first-order valence-electron chi connectivity index (χ1n) is 8.93. The van der Waals surface area contributed by atoms with Crippen molar-refractivity contribution in [3.8, 4) is 0 Å². The highest BCUT2D eigenvalue weighted by atomic mass is 19.1. The van der Waals surface area contributed by atoms with Crippen LogP contribution in [0.15, 0.2) is 42.7 Å². The van der Waals surface area contributed by atoms with Gasteiger partial charge in [0, 0.05) is 51.5 Å². The van der Waals surface area contributed by atoms with E-state index < -0.39 is 0 Å². The summed E-state index contributed by atoms with van der Waals surface area (Å²) in [6.45, 7) is 2.37. The molecule has 0 spiro atoms. The number of aromatic nitrogens is 2. The van der Waals surface area contributed by atoms with Gasteiger partial charge in [-0.15, -0.1) is 0 Å². The summed E-state index contributed by atoms with van der Waals surface area (Å²) in [6.07, 6.45) is 3.65. The second-order valence-electron chi connectivity index (χ2n) is 6.28. The van der Waals surface area contributed by atoms with Crippen LogP contribution in [0.2, 0.25) is 0 Å². The first-order chi connectivity index (χ1) is 13.1. The van der Waals surface area contributed by atoms with Crippen LogP contribution in [0.3, 0.4) is 0 Å². The van der Waals surface area contributed by atoms with Gasteiger partial charge in [-0.25, -0.2) is 14.4 Å². The van der Waals surface area contributed by atoms with E-state index in [1.807, 2.05) is 0 Å². The van der Waals surface area contributed by atoms with Crippen LogP contribution in [-0.2, 0) is 16.0 Å². The Morgan fingerprint density at radius 3 is 2.26 bits per heavy atom. The average Bonchev–Trinajstić information content (AvgIpc) is 2.70. The molecular formula is C19H22FN5O2. The van der Waals surface area contributed by atoms with Crippen LogP contribution in [0, 0.1) is 5.82 Å². The van der Waals surface area contributed by atoms with Crippen molar-refractivity contribution in [1.29, 1.82) is 0 Å². The average molecular weight is 371 g/mol. The molecule has 0 unspecified atom stereocenters. The number of halogens is 1. The van der Waals surface area contributed by atoms with E-state index in [0.29, 0.717) is 50.7 Å². The molecule has 3 rings (SSSR count). The number of hydrogen-bond donors (Lipinski definition) is 1. The highest BCUT2D eigenvalue weighted by Gasteiger charge is 2.24. The van der Waals surface area contributed by atoms with Crippen LogP contribution in [0.5, 0.6) is 0 Å². The molecule has 0 atom stereocenters. The highest BCUT2D eigenvalue weighted by molar-refractivity contribution is 5.80. The standard InChI is InChI=1S/C19H22FN5O2/c20-16-5-2-1-4-15(16)14-18(27)25-12-10-24(11-13-25)17(26)6-9-23-19-21-7-3-8-22-19/h1-5,7-8H,6,9-14H2,(H,21,22,23). The number of amides is 2. The van der Waals surface area contributed by atoms with Crippen LogP contribution in [0.1, 0.15) is 12.0 Å². The van der Waals surface area contributed by atoms with Crippen molar-refractivity contribution in [3.63, 3.8) is 0 Å². The lowest BCUT2D eigenvalue weighted by molar-refractivity contribution is -0.139. The number of hydrogen-bond acceptors (Lipinski definition) is 5. The summed E-state index contributed by atoms with van der Waals surface area (Å²) in [5, 5.41) is 3.00. The smallest absolute Gasteiger partial charge is 0.227 e. The molecule has 0 aliphatic carbocycles. The van der Waals surface area contributed by atoms with Gasteiger partial charge in [-0.3, -0.25) is 9.59 Å². The number of carbonyl (C=O) groups excluding carboxylic acids is 2. The molecule has 0 bridgehead atoms. The fourth-order valence-electron chi connectivity index (χ4n) is 2.95. The Kier molecular flexibility index (Phi) is 6.30. The minimum absolute atomic E-state index is 0.0274. The molecule has 27 heavy (non-hydrogen) atoms. The van der Waals surface area contributed by atoms with Crippen molar-refractivity contribution in [3.05, 3.63) is 54.1 Å². The molecule has 8 heteroatoms. The summed E-state index contributed by atoms with van der Waals surface area (Å²) < 4.78 is 13.7. The minimum atomic E-state index is -0.366. The summed E-state index contributed by atoms with van der Waals surface area (Å²) in [7, 11) is 0. The number of rotatable bonds is 6. The van der Waals surface area contributed by atoms with E-state index in [9.17, 15) is 14.0 Å². The van der Waals surface area contributed by atoms with Gasteiger partial charge in [0.2, 0.25) is 17.8 Å². The van der Waals surface area contributed by atoms with E-state index in [2.05, 4.69) is 15.3 Å². The monoisotopic (exact) mass is 371 g/mol. The van der Waals surface area contributed by atoms with Crippen molar-refractivity contribution in [2.75, 3.05) is 38.0 Å². The summed E-state index contributed by atoms with van der Waals surface area (Å²) >= 11 is 0. The summed E-state index contributed by atoms with van der Waals surface area (Å²) in [5.41, 5.74) is 0.398. The lowest BCUT2D eigenvalue weighted by Crippen LogP contribution is -2.51. The molecule has 2 amide bonds. The molecule has 1 fully saturated rings. The van der Waals surface area contributed by atoms with Gasteiger partial charge in [-0.05, 0) is 17.7 Å². The lowest BCUT2D eigenvalue weighted by Gasteiger charge is -2.35. The molecule has 142 valence electrons. The molecule has 0 saturated carbocycles. The fraction of sp³-hybridized carbons (Fsp3) is 0.368. The zero-order chi connectivity index (χ0) is 19.1. The third-order valence-corrected chi connectivity index (χ3v) is 4.47. The Balaban J connectivity index is 1.41. The SMILES string of the molecule is O=C(CCNc1ncccn1)N1CCN(C(=O)Cc2ccccc2F)CC1. The Hall–Kier alpha value is -3.03. The predicted octanol–water partition coefficient (Wildman–Crippen LogP) is 1.33. The largest absolute Gasteiger partial charge is 0.354 e. The quantitative estimate of drug-likeness (QED) is 0.829. The first kappa shape index (κ1) is 18.8. The van der Waals surface area contributed by atoms with E-state index in [1.54, 1.807) is 46.5 Å². The molecule has 1 aromatic heterocycles. The van der Waals surface area contributed by atoms with Crippen LogP contribution in [0.25, 0.3) is 0 Å². The van der Waals surface area contributed by atoms with Gasteiger partial charge in [-0.1, -0.05) is 18.2 Å². The molecule has 1 aliphatic rings. The van der Waals surface area contributed by atoms with E-state index in [0.717, 1.165) is 0 Å². The molecule has 0 radical (unpaired) electrons. The molecular weight excluding hydrogens is 349 g/mol. The maximum Gasteiger partial charge on any atom is 0.227 e. The van der Waals surface area contributed by atoms with E-state index >= 15 is 0 Å². The second kappa shape index (κ2) is 9.07. The maximum absolute atomic E-state index is 13.7. The van der Waals surface area contributed by atoms with Gasteiger partial charge in [0.15, 0.2) is 0 Å².